The van der Waals surface area contributed by atoms with Gasteiger partial charge in [-0.3, -0.25) is 0 Å². The lowest BCUT2D eigenvalue weighted by Crippen LogP contribution is -2.15. The highest BCUT2D eigenvalue weighted by Crippen LogP contribution is 2.28. The van der Waals surface area contributed by atoms with Crippen molar-refractivity contribution in [3.8, 4) is 0 Å². The van der Waals surface area contributed by atoms with Crippen molar-refractivity contribution < 1.29 is 19.0 Å². The van der Waals surface area contributed by atoms with Crippen LogP contribution in [0.2, 0.25) is 0 Å². The molecule has 0 saturated heterocycles. The maximum atomic E-state index is 13.6. The van der Waals surface area contributed by atoms with E-state index in [4.69, 9.17) is 10.2 Å². The van der Waals surface area contributed by atoms with Crippen LogP contribution in [0.15, 0.2) is 24.7 Å². The Bertz CT molecular complexity index is 656. The van der Waals surface area contributed by atoms with Gasteiger partial charge in [0.1, 0.15) is 11.0 Å². The SMILES string of the molecule is CC(C)(O)O.Fc1cnc(F)c2c1ncn2C1C=CCC1. The van der Waals surface area contributed by atoms with E-state index in [9.17, 15) is 8.78 Å². The summed E-state index contributed by atoms with van der Waals surface area (Å²) in [4.78, 5) is 7.28. The summed E-state index contributed by atoms with van der Waals surface area (Å²) in [6.07, 6.45) is 8.18. The van der Waals surface area contributed by atoms with Gasteiger partial charge in [-0.05, 0) is 26.7 Å². The number of halogens is 2. The summed E-state index contributed by atoms with van der Waals surface area (Å²) in [6, 6.07) is 0.0584. The first-order chi connectivity index (χ1) is 9.77. The summed E-state index contributed by atoms with van der Waals surface area (Å²) in [5.74, 6) is -2.76. The van der Waals surface area contributed by atoms with Gasteiger partial charge < -0.3 is 14.8 Å². The topological polar surface area (TPSA) is 71.2 Å². The zero-order chi connectivity index (χ0) is 15.6. The van der Waals surface area contributed by atoms with Crippen LogP contribution >= 0.6 is 0 Å². The van der Waals surface area contributed by atoms with E-state index in [-0.39, 0.29) is 17.1 Å². The Labute approximate surface area is 120 Å². The number of pyridine rings is 1. The minimum absolute atomic E-state index is 0.0489. The fraction of sp³-hybridized carbons (Fsp3) is 0.429. The van der Waals surface area contributed by atoms with Crippen molar-refractivity contribution >= 4 is 11.0 Å². The average Bonchev–Trinajstić information content (AvgIpc) is 2.99. The highest BCUT2D eigenvalue weighted by molar-refractivity contribution is 5.75. The molecule has 0 aromatic carbocycles. The number of aliphatic hydroxyl groups is 2. The third kappa shape index (κ3) is 3.83. The molecule has 7 heteroatoms. The van der Waals surface area contributed by atoms with Crippen LogP contribution in [0.25, 0.3) is 11.0 Å². The molecule has 2 aromatic heterocycles. The minimum Gasteiger partial charge on any atom is -0.366 e. The molecule has 0 saturated carbocycles. The predicted molar refractivity (Wildman–Crippen MR) is 73.4 cm³/mol. The number of imidazole rings is 1. The number of allylic oxidation sites excluding steroid dienone is 2. The molecular weight excluding hydrogens is 280 g/mol. The number of rotatable bonds is 1. The third-order valence-corrected chi connectivity index (χ3v) is 2.85. The Morgan fingerprint density at radius 2 is 1.95 bits per heavy atom. The molecule has 2 N–H and O–H groups in total. The molecule has 2 heterocycles. The average molecular weight is 297 g/mol. The first kappa shape index (κ1) is 15.5. The van der Waals surface area contributed by atoms with Gasteiger partial charge in [0.2, 0.25) is 5.95 Å². The van der Waals surface area contributed by atoms with Crippen LogP contribution in [0.5, 0.6) is 0 Å². The normalized spacial score (nSPS) is 17.9. The van der Waals surface area contributed by atoms with Crippen molar-refractivity contribution in [1.82, 2.24) is 14.5 Å². The molecule has 0 amide bonds. The van der Waals surface area contributed by atoms with Gasteiger partial charge in [-0.2, -0.15) is 4.39 Å². The zero-order valence-corrected chi connectivity index (χ0v) is 11.8. The van der Waals surface area contributed by atoms with Crippen LogP contribution in [0.3, 0.4) is 0 Å². The van der Waals surface area contributed by atoms with E-state index < -0.39 is 17.6 Å². The standard InChI is InChI=1S/C11H9F2N3.C3H8O2/c12-8-5-14-11(13)10-9(8)15-6-16(10)7-3-1-2-4-7;1-3(2,4)5/h1,3,5-7H,2,4H2;4-5H,1-2H3. The first-order valence-electron chi connectivity index (χ1n) is 6.55. The molecule has 1 atom stereocenters. The number of fused-ring (bicyclic) bond motifs is 1. The molecule has 3 rings (SSSR count). The highest BCUT2D eigenvalue weighted by Gasteiger charge is 2.19. The molecule has 0 bridgehead atoms. The molecule has 1 unspecified atom stereocenters. The lowest BCUT2D eigenvalue weighted by Gasteiger charge is -2.10. The molecule has 0 spiro atoms. The van der Waals surface area contributed by atoms with Crippen LogP contribution in [-0.4, -0.2) is 30.5 Å². The van der Waals surface area contributed by atoms with Gasteiger partial charge in [0.25, 0.3) is 0 Å². The first-order valence-corrected chi connectivity index (χ1v) is 6.55. The minimum atomic E-state index is -1.50. The molecule has 5 nitrogen and oxygen atoms in total. The maximum absolute atomic E-state index is 13.6. The van der Waals surface area contributed by atoms with Crippen molar-refractivity contribution in [1.29, 1.82) is 0 Å². The van der Waals surface area contributed by atoms with Crippen LogP contribution < -0.4 is 0 Å². The van der Waals surface area contributed by atoms with E-state index in [1.54, 1.807) is 4.57 Å². The zero-order valence-electron chi connectivity index (χ0n) is 11.8. The van der Waals surface area contributed by atoms with E-state index in [0.29, 0.717) is 0 Å². The Morgan fingerprint density at radius 1 is 1.29 bits per heavy atom. The lowest BCUT2D eigenvalue weighted by atomic mass is 10.2. The Hall–Kier alpha value is -1.86. The van der Waals surface area contributed by atoms with Crippen LogP contribution in [0.4, 0.5) is 8.78 Å². The predicted octanol–water partition coefficient (Wildman–Crippen LogP) is 2.31. The van der Waals surface area contributed by atoms with Crippen molar-refractivity contribution in [3.05, 3.63) is 36.4 Å². The molecule has 0 aliphatic heterocycles. The Kier molecular flexibility index (Phi) is 4.34. The molecule has 1 aliphatic rings. The molecular formula is C14H17F2N3O2. The molecule has 1 aliphatic carbocycles. The van der Waals surface area contributed by atoms with E-state index in [1.807, 2.05) is 12.2 Å². The second kappa shape index (κ2) is 5.87. The van der Waals surface area contributed by atoms with Gasteiger partial charge in [-0.15, -0.1) is 0 Å². The van der Waals surface area contributed by atoms with Gasteiger partial charge >= 0.3 is 0 Å². The fourth-order valence-electron chi connectivity index (χ4n) is 2.08. The van der Waals surface area contributed by atoms with Gasteiger partial charge in [-0.1, -0.05) is 12.2 Å². The summed E-state index contributed by atoms with van der Waals surface area (Å²) in [6.45, 7) is 2.60. The highest BCUT2D eigenvalue weighted by atomic mass is 19.1. The van der Waals surface area contributed by atoms with Crippen molar-refractivity contribution in [3.63, 3.8) is 0 Å². The number of hydrogen-bond donors (Lipinski definition) is 2. The Balaban J connectivity index is 0.000000282. The largest absolute Gasteiger partial charge is 0.366 e. The molecule has 21 heavy (non-hydrogen) atoms. The summed E-state index contributed by atoms with van der Waals surface area (Å²) < 4.78 is 28.5. The number of aromatic nitrogens is 3. The van der Waals surface area contributed by atoms with Gasteiger partial charge in [-0.25, -0.2) is 14.4 Å². The van der Waals surface area contributed by atoms with E-state index in [0.717, 1.165) is 19.0 Å². The lowest BCUT2D eigenvalue weighted by molar-refractivity contribution is -0.127. The van der Waals surface area contributed by atoms with Gasteiger partial charge in [0.15, 0.2) is 11.6 Å². The van der Waals surface area contributed by atoms with Crippen LogP contribution in [0.1, 0.15) is 32.7 Å². The fourth-order valence-corrected chi connectivity index (χ4v) is 2.08. The van der Waals surface area contributed by atoms with Crippen molar-refractivity contribution in [2.45, 2.75) is 38.5 Å². The van der Waals surface area contributed by atoms with Crippen molar-refractivity contribution in [2.24, 2.45) is 0 Å². The summed E-state index contributed by atoms with van der Waals surface area (Å²) >= 11 is 0. The maximum Gasteiger partial charge on any atom is 0.239 e. The molecule has 0 fully saturated rings. The number of hydrogen-bond acceptors (Lipinski definition) is 4. The van der Waals surface area contributed by atoms with Crippen LogP contribution in [0, 0.1) is 11.8 Å². The second-order valence-corrected chi connectivity index (χ2v) is 5.31. The monoisotopic (exact) mass is 297 g/mol. The summed E-state index contributed by atoms with van der Waals surface area (Å²) in [7, 11) is 0. The Morgan fingerprint density at radius 3 is 2.52 bits per heavy atom. The van der Waals surface area contributed by atoms with Crippen molar-refractivity contribution in [2.75, 3.05) is 0 Å². The van der Waals surface area contributed by atoms with Crippen LogP contribution in [-0.2, 0) is 0 Å². The molecule has 114 valence electrons. The smallest absolute Gasteiger partial charge is 0.239 e. The summed E-state index contributed by atoms with van der Waals surface area (Å²) in [5, 5.41) is 16.2. The number of nitrogens with zero attached hydrogens (tertiary/aromatic N) is 3. The quantitative estimate of drug-likeness (QED) is 0.481. The summed E-state index contributed by atoms with van der Waals surface area (Å²) in [5.41, 5.74) is 0.198. The third-order valence-electron chi connectivity index (χ3n) is 2.85. The molecule has 2 aromatic rings. The second-order valence-electron chi connectivity index (χ2n) is 5.31. The van der Waals surface area contributed by atoms with Gasteiger partial charge in [0.05, 0.1) is 18.6 Å². The molecule has 0 radical (unpaired) electrons. The van der Waals surface area contributed by atoms with E-state index in [2.05, 4.69) is 9.97 Å². The van der Waals surface area contributed by atoms with Gasteiger partial charge in [0, 0.05) is 0 Å². The van der Waals surface area contributed by atoms with E-state index >= 15 is 0 Å². The van der Waals surface area contributed by atoms with E-state index in [1.165, 1.54) is 20.2 Å².